The van der Waals surface area contributed by atoms with Crippen LogP contribution in [0.1, 0.15) is 5.56 Å². The van der Waals surface area contributed by atoms with E-state index >= 15 is 0 Å². The van der Waals surface area contributed by atoms with Crippen LogP contribution < -0.4 is 10.6 Å². The van der Waals surface area contributed by atoms with Crippen LogP contribution in [0.3, 0.4) is 0 Å². The van der Waals surface area contributed by atoms with Crippen molar-refractivity contribution in [1.82, 2.24) is 4.90 Å². The van der Waals surface area contributed by atoms with E-state index in [1.165, 1.54) is 0 Å². The molecule has 0 aromatic heterocycles. The van der Waals surface area contributed by atoms with Crippen LogP contribution in [0.15, 0.2) is 48.5 Å². The number of rotatable bonds is 6. The number of halogens is 1. The lowest BCUT2D eigenvalue weighted by Crippen LogP contribution is -2.36. The summed E-state index contributed by atoms with van der Waals surface area (Å²) in [6.45, 7) is 2.28. The number of nitrogens with one attached hydrogen (secondary N) is 2. The molecule has 0 spiro atoms. The smallest absolute Gasteiger partial charge is 0.238 e. The van der Waals surface area contributed by atoms with Gasteiger partial charge >= 0.3 is 0 Å². The van der Waals surface area contributed by atoms with Gasteiger partial charge in [0.25, 0.3) is 0 Å². The maximum absolute atomic E-state index is 12.1. The Kier molecular flexibility index (Phi) is 6.74. The number of para-hydroxylation sites is 1. The van der Waals surface area contributed by atoms with Gasteiger partial charge in [0.15, 0.2) is 0 Å². The lowest BCUT2D eigenvalue weighted by Gasteiger charge is -2.16. The molecule has 0 saturated carbocycles. The van der Waals surface area contributed by atoms with Crippen molar-refractivity contribution in [3.63, 3.8) is 0 Å². The first-order valence-electron chi connectivity index (χ1n) is 7.53. The first-order chi connectivity index (χ1) is 11.4. The molecule has 2 rings (SSSR count). The molecule has 2 amide bonds. The van der Waals surface area contributed by atoms with Crippen LogP contribution >= 0.6 is 22.6 Å². The van der Waals surface area contributed by atoms with Gasteiger partial charge in [-0.1, -0.05) is 29.8 Å². The zero-order valence-corrected chi connectivity index (χ0v) is 15.8. The van der Waals surface area contributed by atoms with E-state index in [4.69, 9.17) is 0 Å². The molecule has 0 saturated heterocycles. The van der Waals surface area contributed by atoms with Crippen molar-refractivity contribution in [2.45, 2.75) is 6.92 Å². The van der Waals surface area contributed by atoms with E-state index in [1.54, 1.807) is 11.9 Å². The summed E-state index contributed by atoms with van der Waals surface area (Å²) in [6.07, 6.45) is 0. The van der Waals surface area contributed by atoms with Crippen molar-refractivity contribution in [3.8, 4) is 0 Å². The Hall–Kier alpha value is -1.93. The number of carbonyl (C=O) groups is 2. The minimum Gasteiger partial charge on any atom is -0.325 e. The minimum atomic E-state index is -0.150. The van der Waals surface area contributed by atoms with E-state index in [9.17, 15) is 9.59 Å². The zero-order chi connectivity index (χ0) is 17.5. The summed E-state index contributed by atoms with van der Waals surface area (Å²) in [6, 6.07) is 15.2. The fourth-order valence-electron chi connectivity index (χ4n) is 2.14. The average molecular weight is 437 g/mol. The maximum atomic E-state index is 12.1. The molecule has 0 radical (unpaired) electrons. The number of hydrogen-bond donors (Lipinski definition) is 2. The number of nitrogens with zero attached hydrogens (tertiary/aromatic N) is 1. The van der Waals surface area contributed by atoms with Gasteiger partial charge in [-0.25, -0.2) is 0 Å². The quantitative estimate of drug-likeness (QED) is 0.683. The summed E-state index contributed by atoms with van der Waals surface area (Å²) in [5.41, 5.74) is 2.67. The second-order valence-corrected chi connectivity index (χ2v) is 6.78. The average Bonchev–Trinajstić information content (AvgIpc) is 2.51. The van der Waals surface area contributed by atoms with E-state index < -0.39 is 0 Å². The summed E-state index contributed by atoms with van der Waals surface area (Å²) < 4.78 is 0.975. The predicted octanol–water partition coefficient (Wildman–Crippen LogP) is 3.11. The molecular formula is C18H20IN3O2. The van der Waals surface area contributed by atoms with Gasteiger partial charge in [-0.05, 0) is 60.8 Å². The Balaban J connectivity index is 1.80. The van der Waals surface area contributed by atoms with Crippen LogP contribution in [0.4, 0.5) is 11.4 Å². The fourth-order valence-corrected chi connectivity index (χ4v) is 2.66. The first kappa shape index (κ1) is 18.4. The number of likely N-dealkylation sites (N-methyl/N-ethyl adjacent to an activating group) is 1. The molecule has 0 fully saturated rings. The third-order valence-corrected chi connectivity index (χ3v) is 4.25. The van der Waals surface area contributed by atoms with Crippen molar-refractivity contribution in [2.24, 2.45) is 0 Å². The molecule has 5 nitrogen and oxygen atoms in total. The van der Waals surface area contributed by atoms with Crippen molar-refractivity contribution in [3.05, 3.63) is 57.7 Å². The lowest BCUT2D eigenvalue weighted by molar-refractivity contribution is -0.119. The van der Waals surface area contributed by atoms with E-state index in [-0.39, 0.29) is 24.9 Å². The molecule has 2 N–H and O–H groups in total. The third-order valence-electron chi connectivity index (χ3n) is 3.31. The number of carbonyl (C=O) groups excluding carboxylic acids is 2. The summed E-state index contributed by atoms with van der Waals surface area (Å²) in [5.74, 6) is -0.298. The van der Waals surface area contributed by atoms with E-state index in [0.717, 1.165) is 20.5 Å². The largest absolute Gasteiger partial charge is 0.325 e. The predicted molar refractivity (Wildman–Crippen MR) is 105 cm³/mol. The molecule has 0 atom stereocenters. The number of aryl methyl sites for hydroxylation is 1. The highest BCUT2D eigenvalue weighted by atomic mass is 127. The van der Waals surface area contributed by atoms with Crippen LogP contribution in [0.2, 0.25) is 0 Å². The minimum absolute atomic E-state index is 0.145. The second kappa shape index (κ2) is 8.79. The molecule has 126 valence electrons. The van der Waals surface area contributed by atoms with Crippen LogP contribution in [-0.4, -0.2) is 36.9 Å². The van der Waals surface area contributed by atoms with Crippen LogP contribution in [-0.2, 0) is 9.59 Å². The fraction of sp³-hybridized carbons (Fsp3) is 0.222. The normalized spacial score (nSPS) is 10.5. The molecule has 2 aromatic rings. The molecule has 0 aliphatic heterocycles. The molecule has 0 aliphatic carbocycles. The highest BCUT2D eigenvalue weighted by molar-refractivity contribution is 14.1. The standard InChI is InChI=1S/C18H20IN3O2/c1-13-7-9-14(10-8-13)20-17(23)11-22(2)12-18(24)21-16-6-4-3-5-15(16)19/h3-10H,11-12H2,1-2H3,(H,20,23)(H,21,24). The third kappa shape index (κ3) is 5.93. The maximum Gasteiger partial charge on any atom is 0.238 e. The molecule has 0 bridgehead atoms. The van der Waals surface area contributed by atoms with Gasteiger partial charge in [-0.15, -0.1) is 0 Å². The highest BCUT2D eigenvalue weighted by Crippen LogP contribution is 2.16. The number of amides is 2. The van der Waals surface area contributed by atoms with Gasteiger partial charge in [0, 0.05) is 9.26 Å². The topological polar surface area (TPSA) is 61.4 Å². The van der Waals surface area contributed by atoms with Gasteiger partial charge in [0.2, 0.25) is 11.8 Å². The Morgan fingerprint density at radius 1 is 0.958 bits per heavy atom. The SMILES string of the molecule is Cc1ccc(NC(=O)CN(C)CC(=O)Nc2ccccc2I)cc1. The molecule has 24 heavy (non-hydrogen) atoms. The molecule has 0 unspecified atom stereocenters. The van der Waals surface area contributed by atoms with Crippen LogP contribution in [0.25, 0.3) is 0 Å². The van der Waals surface area contributed by atoms with Gasteiger partial charge in [0.1, 0.15) is 0 Å². The molecule has 2 aromatic carbocycles. The summed E-state index contributed by atoms with van der Waals surface area (Å²) >= 11 is 2.17. The Morgan fingerprint density at radius 2 is 1.54 bits per heavy atom. The second-order valence-electron chi connectivity index (χ2n) is 5.61. The number of hydrogen-bond acceptors (Lipinski definition) is 3. The van der Waals surface area contributed by atoms with Crippen LogP contribution in [0.5, 0.6) is 0 Å². The summed E-state index contributed by atoms with van der Waals surface area (Å²) in [7, 11) is 1.74. The number of anilines is 2. The zero-order valence-electron chi connectivity index (χ0n) is 13.7. The molecule has 0 heterocycles. The lowest BCUT2D eigenvalue weighted by atomic mass is 10.2. The van der Waals surface area contributed by atoms with Gasteiger partial charge in [-0.2, -0.15) is 0 Å². The van der Waals surface area contributed by atoms with Crippen molar-refractivity contribution < 1.29 is 9.59 Å². The monoisotopic (exact) mass is 437 g/mol. The molecular weight excluding hydrogens is 417 g/mol. The van der Waals surface area contributed by atoms with Crippen molar-refractivity contribution in [2.75, 3.05) is 30.8 Å². The van der Waals surface area contributed by atoms with E-state index in [0.29, 0.717) is 0 Å². The van der Waals surface area contributed by atoms with E-state index in [2.05, 4.69) is 33.2 Å². The van der Waals surface area contributed by atoms with Crippen molar-refractivity contribution in [1.29, 1.82) is 0 Å². The highest BCUT2D eigenvalue weighted by Gasteiger charge is 2.12. The Morgan fingerprint density at radius 3 is 2.17 bits per heavy atom. The first-order valence-corrected chi connectivity index (χ1v) is 8.61. The molecule has 0 aliphatic rings. The van der Waals surface area contributed by atoms with Gasteiger partial charge in [0.05, 0.1) is 18.8 Å². The van der Waals surface area contributed by atoms with E-state index in [1.807, 2.05) is 55.5 Å². The number of benzene rings is 2. The summed E-state index contributed by atoms with van der Waals surface area (Å²) in [4.78, 5) is 25.8. The van der Waals surface area contributed by atoms with Crippen molar-refractivity contribution >= 4 is 45.8 Å². The van der Waals surface area contributed by atoms with Gasteiger partial charge < -0.3 is 10.6 Å². The van der Waals surface area contributed by atoms with Crippen LogP contribution in [0, 0.1) is 10.5 Å². The van der Waals surface area contributed by atoms with Gasteiger partial charge in [-0.3, -0.25) is 14.5 Å². The summed E-state index contributed by atoms with van der Waals surface area (Å²) in [5, 5.41) is 5.67. The molecule has 6 heteroatoms. The Bertz CT molecular complexity index is 716. The Labute approximate surface area is 155 Å².